The molecule has 0 radical (unpaired) electrons. The van der Waals surface area contributed by atoms with Crippen molar-refractivity contribution in [2.45, 2.75) is 103 Å². The van der Waals surface area contributed by atoms with Gasteiger partial charge in [0.1, 0.15) is 0 Å². The molecule has 0 aromatic heterocycles. The van der Waals surface area contributed by atoms with Crippen LogP contribution >= 0.6 is 0 Å². The van der Waals surface area contributed by atoms with E-state index in [0.29, 0.717) is 13.0 Å². The Kier molecular flexibility index (Phi) is 23.1. The summed E-state index contributed by atoms with van der Waals surface area (Å²) in [6.45, 7) is 2.57. The third-order valence-electron chi connectivity index (χ3n) is 4.97. The van der Waals surface area contributed by atoms with E-state index in [-0.39, 0.29) is 41.9 Å². The van der Waals surface area contributed by atoms with Crippen molar-refractivity contribution in [1.82, 2.24) is 4.90 Å². The van der Waals surface area contributed by atoms with Gasteiger partial charge in [-0.05, 0) is 38.5 Å². The summed E-state index contributed by atoms with van der Waals surface area (Å²) in [6.07, 6.45) is 21.3. The molecule has 0 heterocycles. The zero-order valence-corrected chi connectivity index (χ0v) is 22.0. The van der Waals surface area contributed by atoms with Gasteiger partial charge in [-0.25, -0.2) is 8.42 Å². The van der Waals surface area contributed by atoms with Crippen LogP contribution in [0.4, 0.5) is 0 Å². The van der Waals surface area contributed by atoms with Gasteiger partial charge in [0.25, 0.3) is 0 Å². The molecule has 166 valence electrons. The van der Waals surface area contributed by atoms with Crippen molar-refractivity contribution in [3.63, 3.8) is 0 Å². The Bertz CT molecular complexity index is 509. The van der Waals surface area contributed by atoms with Crippen LogP contribution in [0, 0.1) is 0 Å². The Morgan fingerprint density at radius 3 is 1.83 bits per heavy atom. The number of rotatable bonds is 19. The van der Waals surface area contributed by atoms with Crippen molar-refractivity contribution in [2.24, 2.45) is 0 Å². The molecule has 0 bridgehead atoms. The number of nitrogens with zero attached hydrogens (tertiary/aromatic N) is 1. The zero-order valence-electron chi connectivity index (χ0n) is 19.2. The Balaban J connectivity index is 0. The summed E-state index contributed by atoms with van der Waals surface area (Å²) in [7, 11) is -2.52. The SMILES string of the molecule is CCCCCCCC/C=C\CCCCCCCC(=O)N(C)CCCS(=O)(=O)[O-].[Na+]. The Hall–Kier alpha value is 0.120. The van der Waals surface area contributed by atoms with E-state index in [1.807, 2.05) is 0 Å². The minimum Gasteiger partial charge on any atom is -0.748 e. The topological polar surface area (TPSA) is 77.5 Å². The molecular weight excluding hydrogens is 397 g/mol. The minimum absolute atomic E-state index is 0. The summed E-state index contributed by atoms with van der Waals surface area (Å²) in [5.41, 5.74) is 0. The van der Waals surface area contributed by atoms with Gasteiger partial charge < -0.3 is 9.45 Å². The van der Waals surface area contributed by atoms with Crippen molar-refractivity contribution in [1.29, 1.82) is 0 Å². The Labute approximate surface area is 202 Å². The first-order valence-electron chi connectivity index (χ1n) is 11.2. The molecule has 0 saturated carbocycles. The van der Waals surface area contributed by atoms with Crippen molar-refractivity contribution in [3.05, 3.63) is 12.2 Å². The number of unbranched alkanes of at least 4 members (excludes halogenated alkanes) is 11. The van der Waals surface area contributed by atoms with Crippen molar-refractivity contribution < 1.29 is 47.3 Å². The molecule has 0 saturated heterocycles. The molecule has 5 nitrogen and oxygen atoms in total. The molecule has 0 aromatic rings. The van der Waals surface area contributed by atoms with Crippen molar-refractivity contribution in [3.8, 4) is 0 Å². The molecule has 0 unspecified atom stereocenters. The summed E-state index contributed by atoms with van der Waals surface area (Å²) in [5, 5.41) is 0. The van der Waals surface area contributed by atoms with Gasteiger partial charge in [0, 0.05) is 25.8 Å². The molecule has 0 aliphatic heterocycles. The number of carbonyl (C=O) groups is 1. The first-order valence-corrected chi connectivity index (χ1v) is 12.8. The van der Waals surface area contributed by atoms with Crippen LogP contribution in [0.25, 0.3) is 0 Å². The number of hydrogen-bond acceptors (Lipinski definition) is 4. The van der Waals surface area contributed by atoms with E-state index >= 15 is 0 Å². The van der Waals surface area contributed by atoms with E-state index in [2.05, 4.69) is 19.1 Å². The Morgan fingerprint density at radius 1 is 0.828 bits per heavy atom. The van der Waals surface area contributed by atoms with Gasteiger partial charge in [0.15, 0.2) is 0 Å². The maximum absolute atomic E-state index is 11.9. The second-order valence-corrected chi connectivity index (χ2v) is 9.29. The zero-order chi connectivity index (χ0) is 21.1. The summed E-state index contributed by atoms with van der Waals surface area (Å²) in [5.74, 6) is -0.376. The van der Waals surface area contributed by atoms with Crippen molar-refractivity contribution in [2.75, 3.05) is 19.3 Å². The van der Waals surface area contributed by atoms with E-state index in [4.69, 9.17) is 0 Å². The maximum Gasteiger partial charge on any atom is 1.00 e. The largest absolute Gasteiger partial charge is 1.00 e. The van der Waals surface area contributed by atoms with Crippen LogP contribution in [-0.4, -0.2) is 43.1 Å². The average Bonchev–Trinajstić information content (AvgIpc) is 2.63. The van der Waals surface area contributed by atoms with Crippen LogP contribution < -0.4 is 29.6 Å². The van der Waals surface area contributed by atoms with Gasteiger partial charge in [-0.2, -0.15) is 0 Å². The van der Waals surface area contributed by atoms with E-state index < -0.39 is 15.9 Å². The van der Waals surface area contributed by atoms with Gasteiger partial charge in [-0.1, -0.05) is 70.4 Å². The second kappa shape index (κ2) is 21.4. The predicted octanol–water partition coefficient (Wildman–Crippen LogP) is 2.42. The molecule has 0 spiro atoms. The first kappa shape index (κ1) is 31.3. The van der Waals surface area contributed by atoms with Crippen LogP contribution in [0.2, 0.25) is 0 Å². The van der Waals surface area contributed by atoms with E-state index in [1.165, 1.54) is 62.7 Å². The van der Waals surface area contributed by atoms with Gasteiger partial charge in [0.05, 0.1) is 10.1 Å². The molecule has 0 aliphatic carbocycles. The summed E-state index contributed by atoms with van der Waals surface area (Å²) in [4.78, 5) is 13.4. The third-order valence-corrected chi connectivity index (χ3v) is 5.75. The third kappa shape index (κ3) is 24.3. The molecule has 0 fully saturated rings. The minimum atomic E-state index is -4.18. The average molecular weight is 440 g/mol. The first-order chi connectivity index (χ1) is 13.4. The Morgan fingerprint density at radius 2 is 1.31 bits per heavy atom. The van der Waals surface area contributed by atoms with E-state index in [1.54, 1.807) is 7.05 Å². The van der Waals surface area contributed by atoms with Gasteiger partial charge in [0.2, 0.25) is 5.91 Å². The molecule has 0 atom stereocenters. The van der Waals surface area contributed by atoms with Gasteiger partial charge in [-0.15, -0.1) is 0 Å². The van der Waals surface area contributed by atoms with E-state index in [9.17, 15) is 17.8 Å². The molecule has 0 rings (SSSR count). The van der Waals surface area contributed by atoms with Gasteiger partial charge >= 0.3 is 29.6 Å². The van der Waals surface area contributed by atoms with Gasteiger partial charge in [-0.3, -0.25) is 4.79 Å². The molecule has 1 amide bonds. The smallest absolute Gasteiger partial charge is 0.748 e. The molecule has 7 heteroatoms. The summed E-state index contributed by atoms with van der Waals surface area (Å²) < 4.78 is 31.6. The fraction of sp³-hybridized carbons (Fsp3) is 0.864. The second-order valence-electron chi connectivity index (χ2n) is 7.76. The number of allylic oxidation sites excluding steroid dienone is 2. The van der Waals surface area contributed by atoms with Crippen LogP contribution in [-0.2, 0) is 14.9 Å². The van der Waals surface area contributed by atoms with Crippen LogP contribution in [0.1, 0.15) is 103 Å². The summed E-state index contributed by atoms with van der Waals surface area (Å²) in [6, 6.07) is 0. The number of hydrogen-bond donors (Lipinski definition) is 0. The fourth-order valence-electron chi connectivity index (χ4n) is 3.14. The monoisotopic (exact) mass is 439 g/mol. The molecular formula is C22H42NNaO4S. The predicted molar refractivity (Wildman–Crippen MR) is 116 cm³/mol. The summed E-state index contributed by atoms with van der Waals surface area (Å²) >= 11 is 0. The molecule has 0 N–H and O–H groups in total. The van der Waals surface area contributed by atoms with Crippen LogP contribution in [0.3, 0.4) is 0 Å². The van der Waals surface area contributed by atoms with E-state index in [0.717, 1.165) is 25.7 Å². The van der Waals surface area contributed by atoms with Crippen LogP contribution in [0.5, 0.6) is 0 Å². The molecule has 0 aromatic carbocycles. The normalized spacial score (nSPS) is 11.6. The van der Waals surface area contributed by atoms with Crippen LogP contribution in [0.15, 0.2) is 12.2 Å². The fourth-order valence-corrected chi connectivity index (χ4v) is 3.62. The molecule has 29 heavy (non-hydrogen) atoms. The quantitative estimate of drug-likeness (QED) is 0.134. The van der Waals surface area contributed by atoms with Crippen molar-refractivity contribution >= 4 is 16.0 Å². The number of carbonyl (C=O) groups excluding carboxylic acids is 1. The standard InChI is InChI=1S/C22H43NO4S.Na/c1-3-4-5-6-7-8-9-10-11-12-13-14-15-16-17-19-22(24)23(2)20-18-21-28(25,26)27;/h10-11H,3-9,12-21H2,1-2H3,(H,25,26,27);/q;+1/p-1/b11-10-;. The molecule has 0 aliphatic rings. The number of amides is 1. The maximum atomic E-state index is 11.9.